The van der Waals surface area contributed by atoms with Gasteiger partial charge in [-0.05, 0) is 87.8 Å². The predicted molar refractivity (Wildman–Crippen MR) is 211 cm³/mol. The first-order valence-electron chi connectivity index (χ1n) is 19.6. The molecule has 0 bridgehead atoms. The number of aliphatic hydroxyl groups is 1. The van der Waals surface area contributed by atoms with Crippen molar-refractivity contribution in [3.05, 3.63) is 94.0 Å². The smallest absolute Gasteiger partial charge is 0.269 e. The van der Waals surface area contributed by atoms with Crippen molar-refractivity contribution < 1.29 is 33.3 Å². The molecule has 4 fully saturated rings. The lowest BCUT2D eigenvalue weighted by molar-refractivity contribution is -0.385. The van der Waals surface area contributed by atoms with Crippen molar-refractivity contribution in [1.82, 2.24) is 10.2 Å². The van der Waals surface area contributed by atoms with Gasteiger partial charge < -0.3 is 34.0 Å². The highest BCUT2D eigenvalue weighted by Crippen LogP contribution is 2.61. The van der Waals surface area contributed by atoms with Crippen molar-refractivity contribution in [2.24, 2.45) is 5.92 Å². The molecule has 2 N–H and O–H groups in total. The van der Waals surface area contributed by atoms with Crippen molar-refractivity contribution in [2.75, 3.05) is 47.6 Å². The number of para-hydroxylation sites is 1. The molecule has 13 nitrogen and oxygen atoms in total. The van der Waals surface area contributed by atoms with Crippen LogP contribution >= 0.6 is 0 Å². The molecule has 56 heavy (non-hydrogen) atoms. The molecule has 0 saturated carbocycles. The summed E-state index contributed by atoms with van der Waals surface area (Å²) in [5.41, 5.74) is -0.193. The summed E-state index contributed by atoms with van der Waals surface area (Å²) < 4.78 is 23.1. The second-order valence-corrected chi connectivity index (χ2v) is 20.3. The molecule has 0 unspecified atom stereocenters. The second-order valence-electron chi connectivity index (χ2n) is 16.5. The first-order valence-corrected chi connectivity index (χ1v) is 22.6. The number of nitro groups is 1. The number of nitro benzene ring substituents is 1. The number of likely N-dealkylation sites (tertiary alicyclic amines) is 1. The van der Waals surface area contributed by atoms with E-state index in [-0.39, 0.29) is 43.1 Å². The number of rotatable bonds is 9. The molecular formula is C41H49FN6O7Si. The Kier molecular flexibility index (Phi) is 9.78. The van der Waals surface area contributed by atoms with E-state index in [9.17, 15) is 29.6 Å². The number of non-ortho nitro benzene ring substituents is 1. The SMILES string of the molecule is C[C@H]1[C@H]([Si](C)(C)F)[C@@H](CC(=O)N2CCC[C@H]2CO)O[C@]12C(=O)N(Cc1ccc(N3CN(c4ccccc4)C4(CCNCC4)C3=O)cc1)c1ccc([N+](=O)[O-])cc12. The predicted octanol–water partition coefficient (Wildman–Crippen LogP) is 5.22. The first-order chi connectivity index (χ1) is 26.8. The average molecular weight is 785 g/mol. The molecule has 5 atom stereocenters. The van der Waals surface area contributed by atoms with Gasteiger partial charge in [-0.1, -0.05) is 37.3 Å². The highest BCUT2D eigenvalue weighted by atomic mass is 28.4. The minimum atomic E-state index is -3.61. The Balaban J connectivity index is 1.09. The van der Waals surface area contributed by atoms with E-state index in [1.807, 2.05) is 59.5 Å². The molecule has 5 aliphatic heterocycles. The molecule has 0 aromatic heterocycles. The minimum absolute atomic E-state index is 0.0497. The number of nitrogens with zero attached hydrogens (tertiary/aromatic N) is 5. The number of amides is 3. The third-order valence-corrected chi connectivity index (χ3v) is 15.4. The Morgan fingerprint density at radius 1 is 1.04 bits per heavy atom. The number of hydrogen-bond acceptors (Lipinski definition) is 9. The summed E-state index contributed by atoms with van der Waals surface area (Å²) in [6.07, 6.45) is 1.68. The fourth-order valence-electron chi connectivity index (χ4n) is 10.3. The number of halogens is 1. The summed E-state index contributed by atoms with van der Waals surface area (Å²) in [6.45, 7) is 7.14. The van der Waals surface area contributed by atoms with Gasteiger partial charge in [-0.15, -0.1) is 0 Å². The summed E-state index contributed by atoms with van der Waals surface area (Å²) in [5, 5.41) is 25.3. The van der Waals surface area contributed by atoms with Gasteiger partial charge in [0, 0.05) is 47.1 Å². The number of carbonyl (C=O) groups excluding carboxylic acids is 3. The van der Waals surface area contributed by atoms with Gasteiger partial charge in [0.2, 0.25) is 14.3 Å². The van der Waals surface area contributed by atoms with Crippen LogP contribution in [0.5, 0.6) is 0 Å². The standard InChI is InChI=1S/C41H49FN6O7Si/c1-27-37(56(2,3)42)35(23-36(50)44-21-7-10-32(44)25-49)55-41(27)33-22-31(48(53)54)15-16-34(33)45(39(41)52)24-28-11-13-29(14-12-28)46-26-47(30-8-5-4-6-9-30)40(38(46)51)17-19-43-20-18-40/h4-6,8-9,11-16,22,27,32,35,37,43,49H,7,10,17-21,23-26H2,1-3H3/t27-,32-,35+,37-,41+/m0/s1. The number of carbonyl (C=O) groups is 3. The lowest BCUT2D eigenvalue weighted by Crippen LogP contribution is -2.55. The zero-order valence-corrected chi connectivity index (χ0v) is 33.0. The maximum Gasteiger partial charge on any atom is 0.269 e. The number of hydrogen-bond donors (Lipinski definition) is 2. The summed E-state index contributed by atoms with van der Waals surface area (Å²) in [7, 11) is -3.61. The maximum absolute atomic E-state index is 16.4. The third-order valence-electron chi connectivity index (χ3n) is 13.0. The van der Waals surface area contributed by atoms with E-state index in [1.165, 1.54) is 12.1 Å². The number of anilines is 3. The fourth-order valence-corrected chi connectivity index (χ4v) is 12.8. The normalized spacial score (nSPS) is 27.2. The van der Waals surface area contributed by atoms with Crippen molar-refractivity contribution in [2.45, 2.75) is 87.5 Å². The van der Waals surface area contributed by atoms with Gasteiger partial charge >= 0.3 is 0 Å². The molecule has 3 aromatic carbocycles. The van der Waals surface area contributed by atoms with E-state index in [0.29, 0.717) is 43.7 Å². The van der Waals surface area contributed by atoms with E-state index in [4.69, 9.17) is 4.74 Å². The van der Waals surface area contributed by atoms with E-state index in [1.54, 1.807) is 35.9 Å². The number of piperidine rings is 1. The summed E-state index contributed by atoms with van der Waals surface area (Å²) in [4.78, 5) is 61.5. The summed E-state index contributed by atoms with van der Waals surface area (Å²) in [6, 6.07) is 21.4. The quantitative estimate of drug-likeness (QED) is 0.129. The molecule has 2 spiro atoms. The monoisotopic (exact) mass is 784 g/mol. The number of fused-ring (bicyclic) bond motifs is 2. The van der Waals surface area contributed by atoms with Crippen LogP contribution in [-0.2, 0) is 31.3 Å². The molecule has 5 heterocycles. The fraction of sp³-hybridized carbons (Fsp3) is 0.488. The Morgan fingerprint density at radius 2 is 1.75 bits per heavy atom. The van der Waals surface area contributed by atoms with Crippen molar-refractivity contribution in [3.8, 4) is 0 Å². The molecule has 0 radical (unpaired) electrons. The molecule has 4 saturated heterocycles. The van der Waals surface area contributed by atoms with Crippen LogP contribution in [0.15, 0.2) is 72.8 Å². The van der Waals surface area contributed by atoms with Gasteiger partial charge in [-0.3, -0.25) is 29.4 Å². The minimum Gasteiger partial charge on any atom is -0.394 e. The van der Waals surface area contributed by atoms with E-state index < -0.39 is 47.9 Å². The molecule has 296 valence electrons. The number of nitrogens with one attached hydrogen (secondary N) is 1. The van der Waals surface area contributed by atoms with Crippen LogP contribution in [-0.4, -0.2) is 91.7 Å². The number of benzene rings is 3. The molecule has 3 aromatic rings. The van der Waals surface area contributed by atoms with Crippen LogP contribution in [0.25, 0.3) is 0 Å². The molecule has 5 aliphatic rings. The van der Waals surface area contributed by atoms with Crippen molar-refractivity contribution >= 4 is 48.9 Å². The Labute approximate surface area is 326 Å². The van der Waals surface area contributed by atoms with Gasteiger partial charge in [0.25, 0.3) is 17.5 Å². The molecule has 3 amide bonds. The van der Waals surface area contributed by atoms with Crippen LogP contribution in [0.3, 0.4) is 0 Å². The van der Waals surface area contributed by atoms with Gasteiger partial charge in [0.15, 0.2) is 5.60 Å². The molecule has 0 aliphatic carbocycles. The molecule has 8 rings (SSSR count). The van der Waals surface area contributed by atoms with E-state index in [0.717, 1.165) is 36.4 Å². The van der Waals surface area contributed by atoms with Crippen LogP contribution in [0.1, 0.15) is 50.2 Å². The Hall–Kier alpha value is -4.70. The van der Waals surface area contributed by atoms with Gasteiger partial charge in [-0.2, -0.15) is 0 Å². The van der Waals surface area contributed by atoms with Crippen molar-refractivity contribution in [3.63, 3.8) is 0 Å². The largest absolute Gasteiger partial charge is 0.394 e. The zero-order chi connectivity index (χ0) is 39.6. The number of ether oxygens (including phenoxy) is 1. The van der Waals surface area contributed by atoms with E-state index in [2.05, 4.69) is 10.2 Å². The lowest BCUT2D eigenvalue weighted by Gasteiger charge is -2.39. The number of aliphatic hydroxyl groups excluding tert-OH is 1. The highest BCUT2D eigenvalue weighted by Gasteiger charge is 2.67. The molecular weight excluding hydrogens is 736 g/mol. The van der Waals surface area contributed by atoms with Gasteiger partial charge in [0.05, 0.1) is 49.0 Å². The van der Waals surface area contributed by atoms with Gasteiger partial charge in [-0.25, -0.2) is 0 Å². The zero-order valence-electron chi connectivity index (χ0n) is 32.0. The van der Waals surface area contributed by atoms with E-state index >= 15 is 4.11 Å². The second kappa shape index (κ2) is 14.3. The topological polar surface area (TPSA) is 149 Å². The van der Waals surface area contributed by atoms with Crippen molar-refractivity contribution in [1.29, 1.82) is 0 Å². The van der Waals surface area contributed by atoms with Gasteiger partial charge in [0.1, 0.15) is 5.54 Å². The highest BCUT2D eigenvalue weighted by molar-refractivity contribution is 6.72. The summed E-state index contributed by atoms with van der Waals surface area (Å²) >= 11 is 0. The lowest BCUT2D eigenvalue weighted by atomic mass is 9.82. The van der Waals surface area contributed by atoms with Crippen LogP contribution in [0.2, 0.25) is 18.6 Å². The maximum atomic E-state index is 16.4. The Morgan fingerprint density at radius 3 is 2.41 bits per heavy atom. The molecule has 15 heteroatoms. The first kappa shape index (κ1) is 38.2. The average Bonchev–Trinajstić information content (AvgIpc) is 3.92. The van der Waals surface area contributed by atoms with Crippen LogP contribution in [0, 0.1) is 16.0 Å². The third kappa shape index (κ3) is 6.10. The Bertz CT molecular complexity index is 2030. The summed E-state index contributed by atoms with van der Waals surface area (Å²) in [5.74, 6) is -1.42. The van der Waals surface area contributed by atoms with Crippen LogP contribution < -0.4 is 20.0 Å². The van der Waals surface area contributed by atoms with Crippen LogP contribution in [0.4, 0.5) is 26.9 Å².